The third-order valence-corrected chi connectivity index (χ3v) is 6.13. The zero-order valence-electron chi connectivity index (χ0n) is 21.5. The van der Waals surface area contributed by atoms with Gasteiger partial charge in [-0.15, -0.1) is 0 Å². The molecule has 1 amide bonds. The molecule has 0 fully saturated rings. The Balaban J connectivity index is 1.53. The number of benzene rings is 4. The maximum absolute atomic E-state index is 13.0. The molecule has 0 unspecified atom stereocenters. The quantitative estimate of drug-likeness (QED) is 0.218. The Morgan fingerprint density at radius 1 is 0.973 bits per heavy atom. The molecule has 0 aliphatic carbocycles. The van der Waals surface area contributed by atoms with Crippen molar-refractivity contribution in [1.82, 2.24) is 0 Å². The van der Waals surface area contributed by atoms with Gasteiger partial charge in [0.1, 0.15) is 29.7 Å². The predicted octanol–water partition coefficient (Wildman–Crippen LogP) is 7.27. The number of methoxy groups -OCH3 is 1. The van der Waals surface area contributed by atoms with Crippen molar-refractivity contribution in [1.29, 1.82) is 5.26 Å². The summed E-state index contributed by atoms with van der Waals surface area (Å²) >= 11 is 0. The van der Waals surface area contributed by atoms with E-state index >= 15 is 0 Å². The van der Waals surface area contributed by atoms with Gasteiger partial charge in [0, 0.05) is 16.6 Å². The van der Waals surface area contributed by atoms with E-state index in [1.165, 1.54) is 5.56 Å². The highest BCUT2D eigenvalue weighted by atomic mass is 16.5. The first-order chi connectivity index (χ1) is 17.8. The fourth-order valence-electron chi connectivity index (χ4n) is 4.05. The molecule has 4 aromatic carbocycles. The Bertz CT molecular complexity index is 1480. The minimum absolute atomic E-state index is 0.00254. The van der Waals surface area contributed by atoms with Crippen LogP contribution in [0.2, 0.25) is 0 Å². The molecular formula is C32H30N2O3. The maximum Gasteiger partial charge on any atom is 0.266 e. The van der Waals surface area contributed by atoms with E-state index < -0.39 is 5.91 Å². The Hall–Kier alpha value is -4.56. The summed E-state index contributed by atoms with van der Waals surface area (Å²) in [7, 11) is 1.60. The number of nitrogens with zero attached hydrogens (tertiary/aromatic N) is 1. The van der Waals surface area contributed by atoms with Gasteiger partial charge in [-0.05, 0) is 58.3 Å². The lowest BCUT2D eigenvalue weighted by molar-refractivity contribution is -0.112. The van der Waals surface area contributed by atoms with Crippen LogP contribution in [0.3, 0.4) is 0 Å². The first-order valence-corrected chi connectivity index (χ1v) is 12.1. The molecule has 0 atom stereocenters. The van der Waals surface area contributed by atoms with Crippen LogP contribution in [0.15, 0.2) is 90.5 Å². The van der Waals surface area contributed by atoms with Crippen LogP contribution < -0.4 is 14.8 Å². The summed E-state index contributed by atoms with van der Waals surface area (Å²) in [5, 5.41) is 14.5. The number of ether oxygens (including phenoxy) is 2. The van der Waals surface area contributed by atoms with Crippen molar-refractivity contribution in [3.05, 3.63) is 107 Å². The summed E-state index contributed by atoms with van der Waals surface area (Å²) in [6, 6.07) is 29.0. The van der Waals surface area contributed by atoms with Crippen LogP contribution in [0.5, 0.6) is 11.5 Å². The zero-order chi connectivity index (χ0) is 26.4. The number of amides is 1. The molecule has 0 heterocycles. The predicted molar refractivity (Wildman–Crippen MR) is 149 cm³/mol. The van der Waals surface area contributed by atoms with Crippen molar-refractivity contribution >= 4 is 28.4 Å². The van der Waals surface area contributed by atoms with E-state index in [1.54, 1.807) is 13.2 Å². The van der Waals surface area contributed by atoms with Crippen LogP contribution in [-0.4, -0.2) is 13.0 Å². The SMILES string of the molecule is COc1ccc(C=C(C#N)C(=O)Nc2cccc3ccccc23)cc1COc1ccc(C(C)(C)C)cc1. The molecule has 4 aromatic rings. The molecule has 0 radical (unpaired) electrons. The van der Waals surface area contributed by atoms with Gasteiger partial charge in [0.05, 0.1) is 7.11 Å². The lowest BCUT2D eigenvalue weighted by Gasteiger charge is -2.19. The van der Waals surface area contributed by atoms with Crippen LogP contribution in [0, 0.1) is 11.3 Å². The normalized spacial score (nSPS) is 11.6. The molecule has 0 spiro atoms. The molecule has 0 saturated heterocycles. The Kier molecular flexibility index (Phi) is 7.60. The van der Waals surface area contributed by atoms with E-state index in [4.69, 9.17) is 9.47 Å². The van der Waals surface area contributed by atoms with Gasteiger partial charge in [-0.1, -0.05) is 75.4 Å². The van der Waals surface area contributed by atoms with Crippen molar-refractivity contribution in [3.63, 3.8) is 0 Å². The van der Waals surface area contributed by atoms with Crippen molar-refractivity contribution in [2.75, 3.05) is 12.4 Å². The fourth-order valence-corrected chi connectivity index (χ4v) is 4.05. The van der Waals surface area contributed by atoms with Crippen molar-refractivity contribution < 1.29 is 14.3 Å². The number of nitrogens with one attached hydrogen (secondary N) is 1. The molecule has 37 heavy (non-hydrogen) atoms. The highest BCUT2D eigenvalue weighted by molar-refractivity contribution is 6.12. The lowest BCUT2D eigenvalue weighted by atomic mass is 9.87. The van der Waals surface area contributed by atoms with E-state index in [9.17, 15) is 10.1 Å². The van der Waals surface area contributed by atoms with Gasteiger partial charge >= 0.3 is 0 Å². The molecule has 0 aliphatic heterocycles. The van der Waals surface area contributed by atoms with E-state index in [0.29, 0.717) is 17.0 Å². The van der Waals surface area contributed by atoms with Crippen LogP contribution in [0.1, 0.15) is 37.5 Å². The van der Waals surface area contributed by atoms with Crippen LogP contribution in [-0.2, 0) is 16.8 Å². The van der Waals surface area contributed by atoms with Gasteiger partial charge in [-0.3, -0.25) is 4.79 Å². The van der Waals surface area contributed by atoms with E-state index in [2.05, 4.69) is 38.2 Å². The van der Waals surface area contributed by atoms with Gasteiger partial charge in [-0.25, -0.2) is 0 Å². The van der Waals surface area contributed by atoms with E-state index in [-0.39, 0.29) is 17.6 Å². The standard InChI is InChI=1S/C32H30N2O3/c1-32(2,3)26-13-15-27(16-14-26)37-21-25-19-22(12-17-30(25)36-4)18-24(20-33)31(35)34-29-11-7-9-23-8-5-6-10-28(23)29/h5-19H,21H2,1-4H3,(H,34,35). The molecule has 1 N–H and O–H groups in total. The van der Waals surface area contributed by atoms with Gasteiger partial charge in [0.25, 0.3) is 5.91 Å². The van der Waals surface area contributed by atoms with Crippen LogP contribution >= 0.6 is 0 Å². The first-order valence-electron chi connectivity index (χ1n) is 12.1. The third-order valence-electron chi connectivity index (χ3n) is 6.13. The molecule has 5 nitrogen and oxygen atoms in total. The summed E-state index contributed by atoms with van der Waals surface area (Å²) in [5.74, 6) is 0.955. The summed E-state index contributed by atoms with van der Waals surface area (Å²) in [6.07, 6.45) is 1.57. The van der Waals surface area contributed by atoms with Crippen molar-refractivity contribution in [2.45, 2.75) is 32.8 Å². The van der Waals surface area contributed by atoms with Crippen molar-refractivity contribution in [3.8, 4) is 17.6 Å². The summed E-state index contributed by atoms with van der Waals surface area (Å²) in [6.45, 7) is 6.80. The second kappa shape index (κ2) is 11.0. The lowest BCUT2D eigenvalue weighted by Crippen LogP contribution is -2.13. The van der Waals surface area contributed by atoms with Gasteiger partial charge in [0.2, 0.25) is 0 Å². The Labute approximate surface area is 218 Å². The minimum Gasteiger partial charge on any atom is -0.496 e. The smallest absolute Gasteiger partial charge is 0.266 e. The number of hydrogen-bond acceptors (Lipinski definition) is 4. The zero-order valence-corrected chi connectivity index (χ0v) is 21.5. The molecule has 0 aliphatic rings. The number of fused-ring (bicyclic) bond motifs is 1. The summed E-state index contributed by atoms with van der Waals surface area (Å²) in [5.41, 5.74) is 3.47. The van der Waals surface area contributed by atoms with E-state index in [1.807, 2.05) is 78.9 Å². The fraction of sp³-hybridized carbons (Fsp3) is 0.188. The second-order valence-corrected chi connectivity index (χ2v) is 9.78. The average Bonchev–Trinajstić information content (AvgIpc) is 2.90. The molecule has 4 rings (SSSR count). The molecule has 0 bridgehead atoms. The number of nitriles is 1. The largest absolute Gasteiger partial charge is 0.496 e. The van der Waals surface area contributed by atoms with Crippen LogP contribution in [0.25, 0.3) is 16.8 Å². The summed E-state index contributed by atoms with van der Waals surface area (Å²) in [4.78, 5) is 13.0. The van der Waals surface area contributed by atoms with Gasteiger partial charge < -0.3 is 14.8 Å². The molecule has 186 valence electrons. The number of rotatable bonds is 7. The minimum atomic E-state index is -0.466. The molecule has 0 saturated carbocycles. The average molecular weight is 491 g/mol. The Morgan fingerprint density at radius 2 is 1.70 bits per heavy atom. The van der Waals surface area contributed by atoms with Gasteiger partial charge in [0.15, 0.2) is 0 Å². The third kappa shape index (κ3) is 6.17. The highest BCUT2D eigenvalue weighted by Crippen LogP contribution is 2.27. The highest BCUT2D eigenvalue weighted by Gasteiger charge is 2.14. The first kappa shape index (κ1) is 25.5. The molecule has 0 aromatic heterocycles. The summed E-state index contributed by atoms with van der Waals surface area (Å²) < 4.78 is 11.5. The number of hydrogen-bond donors (Lipinski definition) is 1. The number of carbonyl (C=O) groups excluding carboxylic acids is 1. The van der Waals surface area contributed by atoms with Gasteiger partial charge in [-0.2, -0.15) is 5.26 Å². The topological polar surface area (TPSA) is 71.3 Å². The number of carbonyl (C=O) groups is 1. The molecular weight excluding hydrogens is 460 g/mol. The number of anilines is 1. The monoisotopic (exact) mass is 490 g/mol. The van der Waals surface area contributed by atoms with E-state index in [0.717, 1.165) is 22.1 Å². The van der Waals surface area contributed by atoms with Crippen molar-refractivity contribution in [2.24, 2.45) is 0 Å². The Morgan fingerprint density at radius 3 is 2.41 bits per heavy atom. The second-order valence-electron chi connectivity index (χ2n) is 9.78. The van der Waals surface area contributed by atoms with Crippen LogP contribution in [0.4, 0.5) is 5.69 Å². The maximum atomic E-state index is 13.0. The molecule has 5 heteroatoms.